The summed E-state index contributed by atoms with van der Waals surface area (Å²) in [6.07, 6.45) is 4.58. The van der Waals surface area contributed by atoms with Gasteiger partial charge < -0.3 is 9.64 Å². The van der Waals surface area contributed by atoms with Crippen LogP contribution in [0.2, 0.25) is 0 Å². The third-order valence-corrected chi connectivity index (χ3v) is 7.51. The summed E-state index contributed by atoms with van der Waals surface area (Å²) in [4.78, 5) is 15.2. The van der Waals surface area contributed by atoms with Crippen LogP contribution in [0.3, 0.4) is 0 Å². The van der Waals surface area contributed by atoms with Gasteiger partial charge in [-0.25, -0.2) is 8.42 Å². The van der Waals surface area contributed by atoms with E-state index in [1.165, 1.54) is 17.5 Å². The van der Waals surface area contributed by atoms with Crippen LogP contribution < -0.4 is 4.74 Å². The third kappa shape index (κ3) is 5.66. The molecule has 0 unspecified atom stereocenters. The summed E-state index contributed by atoms with van der Waals surface area (Å²) in [5.41, 5.74) is 1.40. The smallest absolute Gasteiger partial charge is 0.254 e. The van der Waals surface area contributed by atoms with Crippen LogP contribution >= 0.6 is 0 Å². The van der Waals surface area contributed by atoms with Crippen LogP contribution in [0.1, 0.15) is 54.9 Å². The highest BCUT2D eigenvalue weighted by atomic mass is 32.2. The molecule has 1 amide bonds. The summed E-state index contributed by atoms with van der Waals surface area (Å²) >= 11 is 0. The molecule has 1 aliphatic heterocycles. The van der Waals surface area contributed by atoms with E-state index in [0.717, 1.165) is 37.7 Å². The molecule has 168 valence electrons. The topological polar surface area (TPSA) is 66.9 Å². The van der Waals surface area contributed by atoms with Crippen LogP contribution in [-0.2, 0) is 16.6 Å². The molecule has 0 radical (unpaired) electrons. The van der Waals surface area contributed by atoms with E-state index in [2.05, 4.69) is 0 Å². The predicted octanol–water partition coefficient (Wildman–Crippen LogP) is 4.31. The minimum absolute atomic E-state index is 0.0684. The molecule has 1 aliphatic rings. The number of hydrogen-bond acceptors (Lipinski definition) is 4. The summed E-state index contributed by atoms with van der Waals surface area (Å²) in [5.74, 6) is 0.0894. The number of hydrogen-bond donors (Lipinski definition) is 0. The van der Waals surface area contributed by atoms with Crippen LogP contribution in [-0.4, -0.2) is 50.3 Å². The Morgan fingerprint density at radius 1 is 1.03 bits per heavy atom. The van der Waals surface area contributed by atoms with Crippen molar-refractivity contribution in [3.8, 4) is 5.75 Å². The second kappa shape index (κ2) is 10.8. The Labute approximate surface area is 185 Å². The summed E-state index contributed by atoms with van der Waals surface area (Å²) in [7, 11) is -2.29. The number of nitrogens with zero attached hydrogens (tertiary/aromatic N) is 2. The van der Waals surface area contributed by atoms with E-state index in [-0.39, 0.29) is 16.6 Å². The van der Waals surface area contributed by atoms with Crippen LogP contribution in [0.25, 0.3) is 0 Å². The maximum absolute atomic E-state index is 13.4. The summed E-state index contributed by atoms with van der Waals surface area (Å²) in [6.45, 7) is 4.09. The number of rotatable bonds is 8. The maximum Gasteiger partial charge on any atom is 0.254 e. The molecular weight excluding hydrogens is 412 g/mol. The molecule has 1 saturated heterocycles. The van der Waals surface area contributed by atoms with Gasteiger partial charge in [-0.05, 0) is 43.0 Å². The normalized spacial score (nSPS) is 15.3. The summed E-state index contributed by atoms with van der Waals surface area (Å²) in [5, 5.41) is 0. The number of carbonyl (C=O) groups is 1. The van der Waals surface area contributed by atoms with E-state index in [4.69, 9.17) is 4.74 Å². The molecule has 3 rings (SSSR count). The van der Waals surface area contributed by atoms with Gasteiger partial charge in [0.2, 0.25) is 10.0 Å². The van der Waals surface area contributed by atoms with Crippen molar-refractivity contribution in [2.75, 3.05) is 26.7 Å². The SMILES string of the molecule is CCCN(Cc1ccccc1)C(=O)c1ccc(OC)c(S(=O)(=O)N2CCCCCC2)c1. The van der Waals surface area contributed by atoms with Crippen molar-refractivity contribution in [2.45, 2.75) is 50.5 Å². The van der Waals surface area contributed by atoms with E-state index in [9.17, 15) is 13.2 Å². The monoisotopic (exact) mass is 444 g/mol. The van der Waals surface area contributed by atoms with E-state index in [1.807, 2.05) is 37.3 Å². The third-order valence-electron chi connectivity index (χ3n) is 5.59. The number of amides is 1. The summed E-state index contributed by atoms with van der Waals surface area (Å²) in [6, 6.07) is 14.5. The molecule has 2 aromatic carbocycles. The standard InChI is InChI=1S/C24H32N2O4S/c1-3-15-25(19-20-11-7-6-8-12-20)24(27)21-13-14-22(30-2)23(18-21)31(28,29)26-16-9-4-5-10-17-26/h6-8,11-14,18H,3-5,9-10,15-17,19H2,1-2H3. The van der Waals surface area contributed by atoms with E-state index in [0.29, 0.717) is 31.7 Å². The second-order valence-electron chi connectivity index (χ2n) is 7.90. The van der Waals surface area contributed by atoms with Crippen LogP contribution in [0.15, 0.2) is 53.4 Å². The molecule has 2 aromatic rings. The van der Waals surface area contributed by atoms with Crippen molar-refractivity contribution >= 4 is 15.9 Å². The van der Waals surface area contributed by atoms with E-state index in [1.54, 1.807) is 17.0 Å². The minimum Gasteiger partial charge on any atom is -0.495 e. The zero-order chi connectivity index (χ0) is 22.3. The molecule has 0 bridgehead atoms. The molecule has 0 saturated carbocycles. The molecule has 31 heavy (non-hydrogen) atoms. The van der Waals surface area contributed by atoms with Gasteiger partial charge in [-0.1, -0.05) is 50.1 Å². The number of benzene rings is 2. The highest BCUT2D eigenvalue weighted by molar-refractivity contribution is 7.89. The quantitative estimate of drug-likeness (QED) is 0.608. The first-order valence-corrected chi connectivity index (χ1v) is 12.4. The van der Waals surface area contributed by atoms with Gasteiger partial charge in [-0.3, -0.25) is 4.79 Å². The Kier molecular flexibility index (Phi) is 8.09. The zero-order valence-electron chi connectivity index (χ0n) is 18.4. The number of methoxy groups -OCH3 is 1. The highest BCUT2D eigenvalue weighted by Crippen LogP contribution is 2.30. The lowest BCUT2D eigenvalue weighted by molar-refractivity contribution is 0.0743. The van der Waals surface area contributed by atoms with Crippen molar-refractivity contribution in [2.24, 2.45) is 0 Å². The molecule has 0 aliphatic carbocycles. The number of ether oxygens (including phenoxy) is 1. The second-order valence-corrected chi connectivity index (χ2v) is 9.80. The van der Waals surface area contributed by atoms with E-state index >= 15 is 0 Å². The van der Waals surface area contributed by atoms with Gasteiger partial charge in [0.05, 0.1) is 7.11 Å². The molecule has 6 nitrogen and oxygen atoms in total. The van der Waals surface area contributed by atoms with Crippen molar-refractivity contribution in [1.29, 1.82) is 0 Å². The Morgan fingerprint density at radius 2 is 1.71 bits per heavy atom. The van der Waals surface area contributed by atoms with Crippen molar-refractivity contribution in [3.63, 3.8) is 0 Å². The van der Waals surface area contributed by atoms with Crippen LogP contribution in [0, 0.1) is 0 Å². The molecule has 7 heteroatoms. The van der Waals surface area contributed by atoms with Crippen LogP contribution in [0.4, 0.5) is 0 Å². The molecule has 1 fully saturated rings. The molecule has 0 aromatic heterocycles. The van der Waals surface area contributed by atoms with Gasteiger partial charge in [-0.2, -0.15) is 4.31 Å². The fourth-order valence-electron chi connectivity index (χ4n) is 3.94. The molecule has 0 N–H and O–H groups in total. The van der Waals surface area contributed by atoms with Crippen molar-refractivity contribution in [3.05, 3.63) is 59.7 Å². The fourth-order valence-corrected chi connectivity index (χ4v) is 5.64. The van der Waals surface area contributed by atoms with Gasteiger partial charge >= 0.3 is 0 Å². The lowest BCUT2D eigenvalue weighted by Crippen LogP contribution is -2.33. The average molecular weight is 445 g/mol. The van der Waals surface area contributed by atoms with Crippen molar-refractivity contribution < 1.29 is 17.9 Å². The van der Waals surface area contributed by atoms with Crippen molar-refractivity contribution in [1.82, 2.24) is 9.21 Å². The largest absolute Gasteiger partial charge is 0.495 e. The van der Waals surface area contributed by atoms with Gasteiger partial charge in [0.25, 0.3) is 5.91 Å². The Bertz CT molecular complexity index is 968. The van der Waals surface area contributed by atoms with Crippen LogP contribution in [0.5, 0.6) is 5.75 Å². The highest BCUT2D eigenvalue weighted by Gasteiger charge is 2.29. The zero-order valence-corrected chi connectivity index (χ0v) is 19.2. The van der Waals surface area contributed by atoms with Gasteiger partial charge in [0.1, 0.15) is 10.6 Å². The first-order valence-electron chi connectivity index (χ1n) is 11.0. The molecule has 0 atom stereocenters. The number of carbonyl (C=O) groups excluding carboxylic acids is 1. The fraction of sp³-hybridized carbons (Fsp3) is 0.458. The van der Waals surface area contributed by atoms with Gasteiger partial charge in [-0.15, -0.1) is 0 Å². The Balaban J connectivity index is 1.93. The Hall–Kier alpha value is -2.38. The maximum atomic E-state index is 13.4. The molecular formula is C24H32N2O4S. The lowest BCUT2D eigenvalue weighted by Gasteiger charge is -2.24. The van der Waals surface area contributed by atoms with Gasteiger partial charge in [0, 0.05) is 31.7 Å². The lowest BCUT2D eigenvalue weighted by atomic mass is 10.1. The Morgan fingerprint density at radius 3 is 2.32 bits per heavy atom. The predicted molar refractivity (Wildman–Crippen MR) is 122 cm³/mol. The first-order chi connectivity index (χ1) is 15.0. The molecule has 0 spiro atoms. The van der Waals surface area contributed by atoms with Gasteiger partial charge in [0.15, 0.2) is 0 Å². The van der Waals surface area contributed by atoms with E-state index < -0.39 is 10.0 Å². The molecule has 1 heterocycles. The average Bonchev–Trinajstić information content (AvgIpc) is 3.09. The first kappa shape index (κ1) is 23.3. The minimum atomic E-state index is -3.74. The summed E-state index contributed by atoms with van der Waals surface area (Å²) < 4.78 is 33.7. The number of sulfonamides is 1.